The Kier molecular flexibility index (Phi) is 3.75. The van der Waals surface area contributed by atoms with E-state index in [1.165, 1.54) is 6.42 Å². The number of nitrogens with zero attached hydrogens (tertiary/aromatic N) is 2. The van der Waals surface area contributed by atoms with Crippen LogP contribution in [0.25, 0.3) is 0 Å². The van der Waals surface area contributed by atoms with Crippen LogP contribution >= 0.6 is 0 Å². The van der Waals surface area contributed by atoms with Gasteiger partial charge in [-0.1, -0.05) is 6.07 Å². The van der Waals surface area contributed by atoms with E-state index in [1.54, 1.807) is 6.20 Å². The maximum absolute atomic E-state index is 11.8. The Morgan fingerprint density at radius 1 is 1.31 bits per heavy atom. The van der Waals surface area contributed by atoms with Gasteiger partial charge in [-0.3, -0.25) is 4.79 Å². The van der Waals surface area contributed by atoms with E-state index in [1.807, 2.05) is 23.1 Å². The highest BCUT2D eigenvalue weighted by Gasteiger charge is 2.15. The first-order valence-electron chi connectivity index (χ1n) is 5.79. The van der Waals surface area contributed by atoms with Crippen molar-refractivity contribution in [3.63, 3.8) is 0 Å². The first kappa shape index (κ1) is 10.9. The predicted molar refractivity (Wildman–Crippen MR) is 63.2 cm³/mol. The van der Waals surface area contributed by atoms with Gasteiger partial charge in [0, 0.05) is 19.3 Å². The fraction of sp³-hybridized carbons (Fsp3) is 0.500. The zero-order chi connectivity index (χ0) is 11.2. The van der Waals surface area contributed by atoms with Crippen molar-refractivity contribution in [1.29, 1.82) is 0 Å². The number of hydrogen-bond acceptors (Lipinski definition) is 3. The lowest BCUT2D eigenvalue weighted by atomic mass is 10.1. The summed E-state index contributed by atoms with van der Waals surface area (Å²) >= 11 is 0. The number of nitrogens with one attached hydrogen (secondary N) is 1. The molecular formula is C12H17N3O. The van der Waals surface area contributed by atoms with Crippen molar-refractivity contribution in [2.45, 2.75) is 19.3 Å². The van der Waals surface area contributed by atoms with E-state index in [0.717, 1.165) is 31.7 Å². The molecule has 1 N–H and O–H groups in total. The monoisotopic (exact) mass is 219 g/mol. The van der Waals surface area contributed by atoms with Gasteiger partial charge in [-0.15, -0.1) is 0 Å². The molecule has 4 nitrogen and oxygen atoms in total. The van der Waals surface area contributed by atoms with Crippen LogP contribution < -0.4 is 5.32 Å². The summed E-state index contributed by atoms with van der Waals surface area (Å²) in [5.74, 6) is 0.929. The SMILES string of the molecule is O=C(CNc1ccccn1)N1CCCCC1. The van der Waals surface area contributed by atoms with Gasteiger partial charge < -0.3 is 10.2 Å². The van der Waals surface area contributed by atoms with Crippen LogP contribution in [0.15, 0.2) is 24.4 Å². The maximum atomic E-state index is 11.8. The summed E-state index contributed by atoms with van der Waals surface area (Å²) in [6.45, 7) is 2.16. The van der Waals surface area contributed by atoms with E-state index in [2.05, 4.69) is 10.3 Å². The van der Waals surface area contributed by atoms with Crippen LogP contribution in [0.1, 0.15) is 19.3 Å². The van der Waals surface area contributed by atoms with Crippen molar-refractivity contribution < 1.29 is 4.79 Å². The Morgan fingerprint density at radius 3 is 2.81 bits per heavy atom. The molecule has 4 heteroatoms. The summed E-state index contributed by atoms with van der Waals surface area (Å²) in [4.78, 5) is 17.9. The molecule has 0 bridgehead atoms. The molecule has 1 amide bonds. The molecule has 0 saturated carbocycles. The number of anilines is 1. The standard InChI is InChI=1S/C12H17N3O/c16-12(15-8-4-1-5-9-15)10-14-11-6-2-3-7-13-11/h2-3,6-7H,1,4-5,8-10H2,(H,13,14). The lowest BCUT2D eigenvalue weighted by Gasteiger charge is -2.26. The number of pyridine rings is 1. The number of rotatable bonds is 3. The molecule has 16 heavy (non-hydrogen) atoms. The zero-order valence-corrected chi connectivity index (χ0v) is 9.35. The molecule has 1 saturated heterocycles. The normalized spacial score (nSPS) is 15.9. The number of piperidine rings is 1. The smallest absolute Gasteiger partial charge is 0.241 e. The molecule has 0 atom stereocenters. The van der Waals surface area contributed by atoms with Crippen LogP contribution in [0.4, 0.5) is 5.82 Å². The van der Waals surface area contributed by atoms with E-state index in [4.69, 9.17) is 0 Å². The van der Waals surface area contributed by atoms with E-state index in [-0.39, 0.29) is 5.91 Å². The summed E-state index contributed by atoms with van der Waals surface area (Å²) in [5.41, 5.74) is 0. The van der Waals surface area contributed by atoms with Gasteiger partial charge in [-0.2, -0.15) is 0 Å². The number of carbonyl (C=O) groups is 1. The topological polar surface area (TPSA) is 45.2 Å². The van der Waals surface area contributed by atoms with Crippen LogP contribution in [-0.2, 0) is 4.79 Å². The highest BCUT2D eigenvalue weighted by molar-refractivity contribution is 5.80. The Labute approximate surface area is 95.7 Å². The average molecular weight is 219 g/mol. The van der Waals surface area contributed by atoms with Gasteiger partial charge in [0.05, 0.1) is 6.54 Å². The van der Waals surface area contributed by atoms with Gasteiger partial charge in [0.1, 0.15) is 5.82 Å². The van der Waals surface area contributed by atoms with E-state index >= 15 is 0 Å². The van der Waals surface area contributed by atoms with Crippen LogP contribution in [0.3, 0.4) is 0 Å². The molecule has 0 aliphatic carbocycles. The molecule has 2 rings (SSSR count). The molecular weight excluding hydrogens is 202 g/mol. The highest BCUT2D eigenvalue weighted by Crippen LogP contribution is 2.09. The van der Waals surface area contributed by atoms with Gasteiger partial charge in [0.2, 0.25) is 5.91 Å². The molecule has 0 aromatic carbocycles. The van der Waals surface area contributed by atoms with Gasteiger partial charge in [0.15, 0.2) is 0 Å². The summed E-state index contributed by atoms with van der Waals surface area (Å²) < 4.78 is 0. The Bertz CT molecular complexity index is 333. The van der Waals surface area contributed by atoms with Gasteiger partial charge >= 0.3 is 0 Å². The number of likely N-dealkylation sites (tertiary alicyclic amines) is 1. The van der Waals surface area contributed by atoms with Crippen LogP contribution in [0, 0.1) is 0 Å². The second-order valence-electron chi connectivity index (χ2n) is 4.01. The Hall–Kier alpha value is -1.58. The van der Waals surface area contributed by atoms with E-state index < -0.39 is 0 Å². The first-order chi connectivity index (χ1) is 7.86. The average Bonchev–Trinajstić information content (AvgIpc) is 2.38. The second-order valence-corrected chi connectivity index (χ2v) is 4.01. The summed E-state index contributed by atoms with van der Waals surface area (Å²) in [5, 5.41) is 3.04. The number of aromatic nitrogens is 1. The minimum Gasteiger partial charge on any atom is -0.361 e. The number of carbonyl (C=O) groups excluding carboxylic acids is 1. The minimum absolute atomic E-state index is 0.172. The third-order valence-electron chi connectivity index (χ3n) is 2.79. The summed E-state index contributed by atoms with van der Waals surface area (Å²) in [7, 11) is 0. The highest BCUT2D eigenvalue weighted by atomic mass is 16.2. The van der Waals surface area contributed by atoms with Gasteiger partial charge in [-0.25, -0.2) is 4.98 Å². The lowest BCUT2D eigenvalue weighted by Crippen LogP contribution is -2.39. The fourth-order valence-electron chi connectivity index (χ4n) is 1.89. The largest absolute Gasteiger partial charge is 0.361 e. The van der Waals surface area contributed by atoms with Crippen LogP contribution in [0.2, 0.25) is 0 Å². The molecule has 0 radical (unpaired) electrons. The lowest BCUT2D eigenvalue weighted by molar-refractivity contribution is -0.130. The molecule has 1 aliphatic heterocycles. The van der Waals surface area contributed by atoms with Crippen LogP contribution in [0.5, 0.6) is 0 Å². The summed E-state index contributed by atoms with van der Waals surface area (Å²) in [6, 6.07) is 5.63. The maximum Gasteiger partial charge on any atom is 0.241 e. The van der Waals surface area contributed by atoms with Crippen molar-refractivity contribution >= 4 is 11.7 Å². The molecule has 0 unspecified atom stereocenters. The van der Waals surface area contributed by atoms with Crippen molar-refractivity contribution in [2.75, 3.05) is 25.0 Å². The van der Waals surface area contributed by atoms with Crippen molar-refractivity contribution in [3.05, 3.63) is 24.4 Å². The predicted octanol–water partition coefficient (Wildman–Crippen LogP) is 1.51. The van der Waals surface area contributed by atoms with Crippen molar-refractivity contribution in [2.24, 2.45) is 0 Å². The Balaban J connectivity index is 1.79. The zero-order valence-electron chi connectivity index (χ0n) is 9.35. The van der Waals surface area contributed by atoms with Crippen molar-refractivity contribution in [3.8, 4) is 0 Å². The molecule has 2 heterocycles. The Morgan fingerprint density at radius 2 is 2.12 bits per heavy atom. The van der Waals surface area contributed by atoms with Crippen LogP contribution in [-0.4, -0.2) is 35.4 Å². The quantitative estimate of drug-likeness (QED) is 0.838. The molecule has 1 fully saturated rings. The molecule has 86 valence electrons. The van der Waals surface area contributed by atoms with Gasteiger partial charge in [-0.05, 0) is 31.4 Å². The molecule has 1 aliphatic rings. The molecule has 1 aromatic heterocycles. The summed E-state index contributed by atoms with van der Waals surface area (Å²) in [6.07, 6.45) is 5.23. The minimum atomic E-state index is 0.172. The van der Waals surface area contributed by atoms with E-state index in [9.17, 15) is 4.79 Å². The third-order valence-corrected chi connectivity index (χ3v) is 2.79. The second kappa shape index (κ2) is 5.49. The number of amides is 1. The molecule has 1 aromatic rings. The molecule has 0 spiro atoms. The van der Waals surface area contributed by atoms with Gasteiger partial charge in [0.25, 0.3) is 0 Å². The van der Waals surface area contributed by atoms with E-state index in [0.29, 0.717) is 6.54 Å². The fourth-order valence-corrected chi connectivity index (χ4v) is 1.89. The third kappa shape index (κ3) is 2.95. The van der Waals surface area contributed by atoms with Crippen molar-refractivity contribution in [1.82, 2.24) is 9.88 Å². The first-order valence-corrected chi connectivity index (χ1v) is 5.79. The number of hydrogen-bond donors (Lipinski definition) is 1.